The molecule has 0 amide bonds. The number of pyridine rings is 1. The Morgan fingerprint density at radius 3 is 2.85 bits per heavy atom. The van der Waals surface area contributed by atoms with Gasteiger partial charge < -0.3 is 14.7 Å². The molecule has 5 nitrogen and oxygen atoms in total. The zero-order chi connectivity index (χ0) is 14.7. The number of nitrogens with zero attached hydrogens (tertiary/aromatic N) is 2. The maximum atomic E-state index is 11.4. The maximum Gasteiger partial charge on any atom is 0.339 e. The fourth-order valence-corrected chi connectivity index (χ4v) is 2.51. The number of carboxylic acid groups (broad SMARTS) is 1. The summed E-state index contributed by atoms with van der Waals surface area (Å²) in [5, 5.41) is 9.37. The number of ether oxygens (including phenoxy) is 1. The minimum atomic E-state index is -0.932. The standard InChI is InChI=1S/C15H22N2O3/c1-10-8-14(13(9-16-10)15(18)19)17(6-7-20-3)11(2)12-4-5-12/h8-9,11-12H,4-7H2,1-3H3,(H,18,19). The molecule has 1 heterocycles. The largest absolute Gasteiger partial charge is 0.478 e. The van der Waals surface area contributed by atoms with Crippen LogP contribution in [0.25, 0.3) is 0 Å². The van der Waals surface area contributed by atoms with Gasteiger partial charge in [0.15, 0.2) is 0 Å². The summed E-state index contributed by atoms with van der Waals surface area (Å²) in [4.78, 5) is 17.7. The summed E-state index contributed by atoms with van der Waals surface area (Å²) in [6, 6.07) is 2.18. The van der Waals surface area contributed by atoms with Gasteiger partial charge in [-0.2, -0.15) is 0 Å². The van der Waals surface area contributed by atoms with Crippen LogP contribution in [0, 0.1) is 12.8 Å². The first-order valence-electron chi connectivity index (χ1n) is 7.00. The Balaban J connectivity index is 2.35. The van der Waals surface area contributed by atoms with Gasteiger partial charge in [0.1, 0.15) is 5.56 Å². The van der Waals surface area contributed by atoms with Crippen LogP contribution in [0.1, 0.15) is 35.8 Å². The SMILES string of the molecule is COCCN(c1cc(C)ncc1C(=O)O)C(C)C1CC1. The Hall–Kier alpha value is -1.62. The first-order valence-corrected chi connectivity index (χ1v) is 7.00. The number of methoxy groups -OCH3 is 1. The molecule has 1 aliphatic carbocycles. The Morgan fingerprint density at radius 2 is 2.30 bits per heavy atom. The molecule has 1 atom stereocenters. The number of hydrogen-bond donors (Lipinski definition) is 1. The minimum absolute atomic E-state index is 0.263. The summed E-state index contributed by atoms with van der Waals surface area (Å²) in [6.45, 7) is 5.32. The van der Waals surface area contributed by atoms with E-state index in [2.05, 4.69) is 16.8 Å². The Labute approximate surface area is 119 Å². The van der Waals surface area contributed by atoms with E-state index >= 15 is 0 Å². The van der Waals surface area contributed by atoms with E-state index in [4.69, 9.17) is 4.74 Å². The van der Waals surface area contributed by atoms with Crippen molar-refractivity contribution < 1.29 is 14.6 Å². The van der Waals surface area contributed by atoms with E-state index in [1.807, 2.05) is 13.0 Å². The van der Waals surface area contributed by atoms with Crippen LogP contribution in [0.15, 0.2) is 12.3 Å². The zero-order valence-electron chi connectivity index (χ0n) is 12.3. The van der Waals surface area contributed by atoms with Crippen LogP contribution in [0.2, 0.25) is 0 Å². The second-order valence-electron chi connectivity index (χ2n) is 5.41. The molecule has 0 radical (unpaired) electrons. The highest BCUT2D eigenvalue weighted by Crippen LogP contribution is 2.37. The summed E-state index contributed by atoms with van der Waals surface area (Å²) in [5.74, 6) is -0.278. The monoisotopic (exact) mass is 278 g/mol. The Bertz CT molecular complexity index is 486. The lowest BCUT2D eigenvalue weighted by molar-refractivity contribution is 0.0697. The predicted molar refractivity (Wildman–Crippen MR) is 77.3 cm³/mol. The van der Waals surface area contributed by atoms with Gasteiger partial charge in [0.25, 0.3) is 0 Å². The van der Waals surface area contributed by atoms with Gasteiger partial charge in [-0.3, -0.25) is 4.98 Å². The first-order chi connectivity index (χ1) is 9.54. The summed E-state index contributed by atoms with van der Waals surface area (Å²) >= 11 is 0. The van der Waals surface area contributed by atoms with Gasteiger partial charge in [-0.25, -0.2) is 4.79 Å². The molecule has 110 valence electrons. The molecular formula is C15H22N2O3. The van der Waals surface area contributed by atoms with Crippen molar-refractivity contribution in [3.8, 4) is 0 Å². The molecule has 1 aromatic heterocycles. The van der Waals surface area contributed by atoms with E-state index < -0.39 is 5.97 Å². The molecule has 1 aliphatic rings. The summed E-state index contributed by atoms with van der Waals surface area (Å²) in [7, 11) is 1.66. The van der Waals surface area contributed by atoms with E-state index in [0.717, 1.165) is 11.4 Å². The van der Waals surface area contributed by atoms with Crippen LogP contribution in [-0.4, -0.2) is 42.4 Å². The molecule has 1 unspecified atom stereocenters. The lowest BCUT2D eigenvalue weighted by Crippen LogP contribution is -2.38. The average Bonchev–Trinajstić information content (AvgIpc) is 3.23. The Morgan fingerprint density at radius 1 is 1.60 bits per heavy atom. The normalized spacial score (nSPS) is 15.9. The number of rotatable bonds is 7. The highest BCUT2D eigenvalue weighted by Gasteiger charge is 2.33. The van der Waals surface area contributed by atoms with Crippen molar-refractivity contribution in [2.45, 2.75) is 32.7 Å². The van der Waals surface area contributed by atoms with E-state index in [0.29, 0.717) is 25.1 Å². The van der Waals surface area contributed by atoms with Crippen LogP contribution < -0.4 is 4.90 Å². The lowest BCUT2D eigenvalue weighted by atomic mass is 10.1. The third kappa shape index (κ3) is 3.28. The van der Waals surface area contributed by atoms with Crippen molar-refractivity contribution in [1.29, 1.82) is 0 Å². The summed E-state index contributed by atoms with van der Waals surface area (Å²) < 4.78 is 5.17. The van der Waals surface area contributed by atoms with Gasteiger partial charge in [-0.05, 0) is 38.7 Å². The molecule has 1 N–H and O–H groups in total. The molecule has 20 heavy (non-hydrogen) atoms. The topological polar surface area (TPSA) is 62.7 Å². The van der Waals surface area contributed by atoms with Gasteiger partial charge in [0.2, 0.25) is 0 Å². The van der Waals surface area contributed by atoms with Gasteiger partial charge in [0.05, 0.1) is 12.3 Å². The number of aromatic carboxylic acids is 1. The molecule has 0 aliphatic heterocycles. The average molecular weight is 278 g/mol. The fraction of sp³-hybridized carbons (Fsp3) is 0.600. The molecule has 0 spiro atoms. The molecule has 1 aromatic rings. The van der Waals surface area contributed by atoms with Crippen LogP contribution in [0.5, 0.6) is 0 Å². The molecule has 0 bridgehead atoms. The number of anilines is 1. The molecule has 2 rings (SSSR count). The first kappa shape index (κ1) is 14.8. The predicted octanol–water partition coefficient (Wildman–Crippen LogP) is 2.34. The van der Waals surface area contributed by atoms with Crippen LogP contribution in [0.4, 0.5) is 5.69 Å². The van der Waals surface area contributed by atoms with E-state index in [1.54, 1.807) is 7.11 Å². The smallest absolute Gasteiger partial charge is 0.339 e. The van der Waals surface area contributed by atoms with E-state index in [1.165, 1.54) is 19.0 Å². The van der Waals surface area contributed by atoms with Crippen LogP contribution in [0.3, 0.4) is 0 Å². The molecule has 0 saturated heterocycles. The second-order valence-corrected chi connectivity index (χ2v) is 5.41. The summed E-state index contributed by atoms with van der Waals surface area (Å²) in [6.07, 6.45) is 3.89. The lowest BCUT2D eigenvalue weighted by Gasteiger charge is -2.32. The summed E-state index contributed by atoms with van der Waals surface area (Å²) in [5.41, 5.74) is 1.84. The number of carbonyl (C=O) groups is 1. The number of aryl methyl sites for hydroxylation is 1. The number of hydrogen-bond acceptors (Lipinski definition) is 4. The molecule has 1 saturated carbocycles. The minimum Gasteiger partial charge on any atom is -0.478 e. The molecular weight excluding hydrogens is 256 g/mol. The quantitative estimate of drug-likeness (QED) is 0.829. The molecule has 1 fully saturated rings. The number of carboxylic acids is 1. The molecule has 5 heteroatoms. The van der Waals surface area contributed by atoms with Crippen LogP contribution >= 0.6 is 0 Å². The second kappa shape index (κ2) is 6.22. The van der Waals surface area contributed by atoms with Crippen molar-refractivity contribution in [3.63, 3.8) is 0 Å². The van der Waals surface area contributed by atoms with Crippen LogP contribution in [-0.2, 0) is 4.74 Å². The van der Waals surface area contributed by atoms with Crippen molar-refractivity contribution >= 4 is 11.7 Å². The van der Waals surface area contributed by atoms with Crippen molar-refractivity contribution in [1.82, 2.24) is 4.98 Å². The highest BCUT2D eigenvalue weighted by molar-refractivity contribution is 5.94. The zero-order valence-corrected chi connectivity index (χ0v) is 12.3. The van der Waals surface area contributed by atoms with E-state index in [-0.39, 0.29) is 5.56 Å². The Kier molecular flexibility index (Phi) is 4.60. The maximum absolute atomic E-state index is 11.4. The highest BCUT2D eigenvalue weighted by atomic mass is 16.5. The van der Waals surface area contributed by atoms with Gasteiger partial charge in [0, 0.05) is 31.6 Å². The van der Waals surface area contributed by atoms with Gasteiger partial charge in [-0.1, -0.05) is 0 Å². The fourth-order valence-electron chi connectivity index (χ4n) is 2.51. The van der Waals surface area contributed by atoms with Gasteiger partial charge in [-0.15, -0.1) is 0 Å². The third-order valence-corrected chi connectivity index (χ3v) is 3.89. The van der Waals surface area contributed by atoms with Crippen molar-refractivity contribution in [2.24, 2.45) is 5.92 Å². The van der Waals surface area contributed by atoms with E-state index in [9.17, 15) is 9.90 Å². The van der Waals surface area contributed by atoms with Crippen molar-refractivity contribution in [2.75, 3.05) is 25.2 Å². The molecule has 0 aromatic carbocycles. The number of aromatic nitrogens is 1. The van der Waals surface area contributed by atoms with Crippen molar-refractivity contribution in [3.05, 3.63) is 23.5 Å². The van der Waals surface area contributed by atoms with Gasteiger partial charge >= 0.3 is 5.97 Å². The third-order valence-electron chi connectivity index (χ3n) is 3.89.